The average molecular weight is 334 g/mol. The van der Waals surface area contributed by atoms with Gasteiger partial charge in [-0.25, -0.2) is 9.59 Å². The molecule has 0 aliphatic carbocycles. The number of fused-ring (bicyclic) bond motifs is 1. The number of nitrogens with zero attached hydrogens (tertiary/aromatic N) is 1. The highest BCUT2D eigenvalue weighted by molar-refractivity contribution is 6.02. The van der Waals surface area contributed by atoms with Crippen LogP contribution in [-0.2, 0) is 4.74 Å². The lowest BCUT2D eigenvalue weighted by Crippen LogP contribution is -2.52. The van der Waals surface area contributed by atoms with Crippen LogP contribution in [0.2, 0.25) is 0 Å². The van der Waals surface area contributed by atoms with E-state index in [4.69, 9.17) is 9.84 Å². The number of ketones is 1. The Morgan fingerprint density at radius 3 is 2.67 bits per heavy atom. The quantitative estimate of drug-likeness (QED) is 0.817. The molecule has 2 aliphatic heterocycles. The Labute approximate surface area is 138 Å². The van der Waals surface area contributed by atoms with E-state index in [0.29, 0.717) is 42.9 Å². The molecule has 0 bridgehead atoms. The van der Waals surface area contributed by atoms with E-state index in [0.717, 1.165) is 0 Å². The first-order chi connectivity index (χ1) is 11.4. The third kappa shape index (κ3) is 2.99. The molecular weight excluding hydrogens is 316 g/mol. The zero-order valence-corrected chi connectivity index (χ0v) is 13.2. The molecule has 1 spiro atoms. The SMILES string of the molecule is COC(=O)Nc1ccc2c(c1)C(=O)CC1(CCN(C(=O)O)CC1)O2. The van der Waals surface area contributed by atoms with Crippen molar-refractivity contribution >= 4 is 23.7 Å². The van der Waals surface area contributed by atoms with Gasteiger partial charge in [0.05, 0.1) is 19.1 Å². The molecule has 1 saturated heterocycles. The van der Waals surface area contributed by atoms with Crippen molar-refractivity contribution in [2.24, 2.45) is 0 Å². The lowest BCUT2D eigenvalue weighted by Gasteiger charge is -2.43. The fourth-order valence-corrected chi connectivity index (χ4v) is 3.13. The van der Waals surface area contributed by atoms with Gasteiger partial charge in [-0.3, -0.25) is 10.1 Å². The van der Waals surface area contributed by atoms with Crippen LogP contribution in [0.15, 0.2) is 18.2 Å². The van der Waals surface area contributed by atoms with E-state index in [2.05, 4.69) is 10.1 Å². The molecule has 1 aromatic carbocycles. The van der Waals surface area contributed by atoms with Gasteiger partial charge in [-0.2, -0.15) is 0 Å². The molecule has 0 unspecified atom stereocenters. The maximum atomic E-state index is 12.5. The minimum absolute atomic E-state index is 0.0754. The molecule has 2 heterocycles. The average Bonchev–Trinajstić information content (AvgIpc) is 2.56. The van der Waals surface area contributed by atoms with Gasteiger partial charge in [0.2, 0.25) is 0 Å². The molecule has 2 amide bonds. The normalized spacial score (nSPS) is 18.5. The summed E-state index contributed by atoms with van der Waals surface area (Å²) in [7, 11) is 1.26. The summed E-state index contributed by atoms with van der Waals surface area (Å²) in [5.74, 6) is 0.388. The molecule has 0 atom stereocenters. The number of rotatable bonds is 1. The summed E-state index contributed by atoms with van der Waals surface area (Å²) in [6.45, 7) is 0.694. The molecule has 0 radical (unpaired) electrons. The van der Waals surface area contributed by atoms with Crippen molar-refractivity contribution in [2.75, 3.05) is 25.5 Å². The van der Waals surface area contributed by atoms with Gasteiger partial charge in [-0.15, -0.1) is 0 Å². The van der Waals surface area contributed by atoms with Gasteiger partial charge in [-0.05, 0) is 18.2 Å². The first kappa shape index (κ1) is 16.1. The lowest BCUT2D eigenvalue weighted by molar-refractivity contribution is -0.00519. The van der Waals surface area contributed by atoms with Crippen LogP contribution in [0, 0.1) is 0 Å². The van der Waals surface area contributed by atoms with Crippen molar-refractivity contribution in [1.82, 2.24) is 4.90 Å². The second-order valence-corrected chi connectivity index (χ2v) is 5.98. The van der Waals surface area contributed by atoms with E-state index in [1.165, 1.54) is 12.0 Å². The number of amides is 2. The summed E-state index contributed by atoms with van der Waals surface area (Å²) in [6.07, 6.45) is -0.406. The van der Waals surface area contributed by atoms with Crippen LogP contribution in [0.1, 0.15) is 29.6 Å². The molecule has 3 rings (SSSR count). The number of carboxylic acid groups (broad SMARTS) is 1. The Bertz CT molecular complexity index is 694. The van der Waals surface area contributed by atoms with Crippen LogP contribution in [0.3, 0.4) is 0 Å². The molecule has 24 heavy (non-hydrogen) atoms. The number of nitrogens with one attached hydrogen (secondary N) is 1. The Hall–Kier alpha value is -2.77. The zero-order chi connectivity index (χ0) is 17.3. The number of hydrogen-bond donors (Lipinski definition) is 2. The number of anilines is 1. The highest BCUT2D eigenvalue weighted by Gasteiger charge is 2.43. The van der Waals surface area contributed by atoms with Crippen molar-refractivity contribution in [3.05, 3.63) is 23.8 Å². The topological polar surface area (TPSA) is 105 Å². The summed E-state index contributed by atoms with van der Waals surface area (Å²) >= 11 is 0. The summed E-state index contributed by atoms with van der Waals surface area (Å²) < 4.78 is 10.6. The van der Waals surface area contributed by atoms with Crippen molar-refractivity contribution in [2.45, 2.75) is 24.9 Å². The molecule has 8 nitrogen and oxygen atoms in total. The smallest absolute Gasteiger partial charge is 0.411 e. The van der Waals surface area contributed by atoms with E-state index < -0.39 is 17.8 Å². The van der Waals surface area contributed by atoms with Crippen LogP contribution < -0.4 is 10.1 Å². The number of hydrogen-bond acceptors (Lipinski definition) is 5. The summed E-state index contributed by atoms with van der Waals surface area (Å²) in [5.41, 5.74) is 0.220. The number of Topliss-reactive ketones (excluding diaryl/α,β-unsaturated/α-hetero) is 1. The predicted octanol–water partition coefficient (Wildman–Crippen LogP) is 2.34. The van der Waals surface area contributed by atoms with Crippen molar-refractivity contribution < 1.29 is 29.0 Å². The van der Waals surface area contributed by atoms with E-state index >= 15 is 0 Å². The molecule has 2 aliphatic rings. The molecule has 1 fully saturated rings. The second kappa shape index (κ2) is 6.03. The fraction of sp³-hybridized carbons (Fsp3) is 0.438. The summed E-state index contributed by atoms with van der Waals surface area (Å²) in [4.78, 5) is 36.1. The zero-order valence-electron chi connectivity index (χ0n) is 13.2. The molecule has 8 heteroatoms. The Morgan fingerprint density at radius 1 is 1.33 bits per heavy atom. The van der Waals surface area contributed by atoms with Gasteiger partial charge in [0, 0.05) is 31.6 Å². The Kier molecular flexibility index (Phi) is 4.04. The van der Waals surface area contributed by atoms with Gasteiger partial charge in [0.15, 0.2) is 5.78 Å². The summed E-state index contributed by atoms with van der Waals surface area (Å²) in [6, 6.07) is 4.84. The molecule has 1 aromatic rings. The first-order valence-electron chi connectivity index (χ1n) is 7.61. The minimum Gasteiger partial charge on any atom is -0.486 e. The van der Waals surface area contributed by atoms with E-state index in [-0.39, 0.29) is 12.2 Å². The Balaban J connectivity index is 1.78. The first-order valence-corrected chi connectivity index (χ1v) is 7.61. The molecule has 128 valence electrons. The number of carbonyl (C=O) groups is 3. The lowest BCUT2D eigenvalue weighted by atomic mass is 9.82. The van der Waals surface area contributed by atoms with E-state index in [1.807, 2.05) is 0 Å². The molecule has 2 N–H and O–H groups in total. The number of benzene rings is 1. The predicted molar refractivity (Wildman–Crippen MR) is 83.6 cm³/mol. The number of carbonyl (C=O) groups excluding carboxylic acids is 2. The molecule has 0 saturated carbocycles. The maximum absolute atomic E-state index is 12.5. The van der Waals surface area contributed by atoms with Crippen LogP contribution >= 0.6 is 0 Å². The van der Waals surface area contributed by atoms with Crippen LogP contribution in [0.25, 0.3) is 0 Å². The number of likely N-dealkylation sites (tertiary alicyclic amines) is 1. The van der Waals surface area contributed by atoms with Crippen LogP contribution in [0.5, 0.6) is 5.75 Å². The minimum atomic E-state index is -0.953. The fourth-order valence-electron chi connectivity index (χ4n) is 3.13. The molecular formula is C16H18N2O6. The molecule has 0 aromatic heterocycles. The van der Waals surface area contributed by atoms with Crippen molar-refractivity contribution in [3.63, 3.8) is 0 Å². The van der Waals surface area contributed by atoms with Gasteiger partial charge in [0.1, 0.15) is 11.4 Å². The Morgan fingerprint density at radius 2 is 2.04 bits per heavy atom. The standard InChI is InChI=1S/C16H18N2O6/c1-23-14(20)17-10-2-3-13-11(8-10)12(19)9-16(24-13)4-6-18(7-5-16)15(21)22/h2-3,8H,4-7,9H2,1H3,(H,17,20)(H,21,22). The number of ether oxygens (including phenoxy) is 2. The van der Waals surface area contributed by atoms with Crippen molar-refractivity contribution in [1.29, 1.82) is 0 Å². The largest absolute Gasteiger partial charge is 0.486 e. The monoisotopic (exact) mass is 334 g/mol. The van der Waals surface area contributed by atoms with Gasteiger partial charge in [-0.1, -0.05) is 0 Å². The van der Waals surface area contributed by atoms with Crippen LogP contribution in [0.4, 0.5) is 15.3 Å². The third-order valence-corrected chi connectivity index (χ3v) is 4.47. The number of piperidine rings is 1. The van der Waals surface area contributed by atoms with E-state index in [1.54, 1.807) is 18.2 Å². The van der Waals surface area contributed by atoms with Crippen molar-refractivity contribution in [3.8, 4) is 5.75 Å². The van der Waals surface area contributed by atoms with Gasteiger partial charge in [0.25, 0.3) is 0 Å². The highest BCUT2D eigenvalue weighted by Crippen LogP contribution is 2.40. The summed E-state index contributed by atoms with van der Waals surface area (Å²) in [5, 5.41) is 11.5. The maximum Gasteiger partial charge on any atom is 0.411 e. The van der Waals surface area contributed by atoms with Gasteiger partial charge >= 0.3 is 12.2 Å². The highest BCUT2D eigenvalue weighted by atomic mass is 16.5. The van der Waals surface area contributed by atoms with E-state index in [9.17, 15) is 14.4 Å². The second-order valence-electron chi connectivity index (χ2n) is 5.98. The van der Waals surface area contributed by atoms with Crippen LogP contribution in [-0.4, -0.2) is 53.8 Å². The number of methoxy groups -OCH3 is 1. The van der Waals surface area contributed by atoms with Gasteiger partial charge < -0.3 is 19.5 Å². The third-order valence-electron chi connectivity index (χ3n) is 4.47.